The molecule has 0 N–H and O–H groups in total. The fourth-order valence-corrected chi connectivity index (χ4v) is 8.58. The maximum absolute atomic E-state index is 13.4. The van der Waals surface area contributed by atoms with Crippen LogP contribution in [0.1, 0.15) is 34.7 Å². The molecule has 2 heterocycles. The first-order valence-corrected chi connectivity index (χ1v) is 24.8. The molecule has 2 fully saturated rings. The minimum Gasteiger partial charge on any atom is -0.497 e. The lowest BCUT2D eigenvalue weighted by Gasteiger charge is -2.50. The molecule has 2 aliphatic heterocycles. The number of carbonyl (C=O) groups excluding carboxylic acids is 2. The van der Waals surface area contributed by atoms with Gasteiger partial charge in [0.15, 0.2) is 18.7 Å². The van der Waals surface area contributed by atoms with Crippen molar-refractivity contribution in [3.63, 3.8) is 0 Å². The topological polar surface area (TPSA) is 145 Å². The van der Waals surface area contributed by atoms with Crippen LogP contribution in [-0.2, 0) is 90.0 Å². The van der Waals surface area contributed by atoms with Crippen LogP contribution in [0, 0.1) is 0 Å². The van der Waals surface area contributed by atoms with Crippen molar-refractivity contribution in [3.8, 4) is 11.5 Å². The van der Waals surface area contributed by atoms with Gasteiger partial charge >= 0.3 is 11.9 Å². The normalized spacial score (nSPS) is 23.8. The van der Waals surface area contributed by atoms with Gasteiger partial charge in [-0.15, -0.1) is 11.6 Å². The lowest BCUT2D eigenvalue weighted by atomic mass is 9.95. The van der Waals surface area contributed by atoms with E-state index >= 15 is 0 Å². The van der Waals surface area contributed by atoms with Gasteiger partial charge in [0, 0.05) is 6.92 Å². The van der Waals surface area contributed by atoms with Crippen LogP contribution in [0.25, 0.3) is 0 Å². The smallest absolute Gasteiger partial charge is 0.321 e. The molecule has 8 rings (SSSR count). The molecule has 0 saturated carbocycles. The van der Waals surface area contributed by atoms with Crippen molar-refractivity contribution >= 4 is 23.5 Å². The summed E-state index contributed by atoms with van der Waals surface area (Å²) in [6.07, 6.45) is -10.8. The zero-order valence-electron chi connectivity index (χ0n) is 40.8. The van der Waals surface area contributed by atoms with Gasteiger partial charge in [-0.3, -0.25) is 9.59 Å². The van der Waals surface area contributed by atoms with Gasteiger partial charge in [0.1, 0.15) is 73.3 Å². The Balaban J connectivity index is 1.22. The van der Waals surface area contributed by atoms with Crippen molar-refractivity contribution < 1.29 is 66.4 Å². The Morgan fingerprint density at radius 3 is 1.27 bits per heavy atom. The van der Waals surface area contributed by atoms with Crippen LogP contribution in [0.5, 0.6) is 11.5 Å². The van der Waals surface area contributed by atoms with E-state index in [4.69, 9.17) is 68.4 Å². The van der Waals surface area contributed by atoms with Crippen LogP contribution in [0.15, 0.2) is 176 Å². The van der Waals surface area contributed by atoms with Crippen molar-refractivity contribution in [2.24, 2.45) is 0 Å². The predicted molar refractivity (Wildman–Crippen MR) is 269 cm³/mol. The van der Waals surface area contributed by atoms with Crippen molar-refractivity contribution in [3.05, 3.63) is 204 Å². The summed E-state index contributed by atoms with van der Waals surface area (Å²) in [6, 6.07) is 55.3. The monoisotopic (exact) mass is 1020 g/mol. The first-order valence-electron chi connectivity index (χ1n) is 24.2. The van der Waals surface area contributed by atoms with Gasteiger partial charge < -0.3 is 56.8 Å². The number of hydrogen-bond acceptors (Lipinski definition) is 14. The lowest BCUT2D eigenvalue weighted by Crippen LogP contribution is -2.66. The number of ether oxygens (including phenoxy) is 12. The first kappa shape index (κ1) is 53.1. The summed E-state index contributed by atoms with van der Waals surface area (Å²) in [5.74, 6) is -0.572. The molecule has 0 radical (unpaired) electrons. The molecule has 14 nitrogen and oxygen atoms in total. The van der Waals surface area contributed by atoms with Crippen molar-refractivity contribution in [1.82, 2.24) is 0 Å². The number of esters is 2. The standard InChI is InChI=1S/C58H61ClO14/c1-40(60)63-38-48-52(54(66-34-42-20-10-4-11-21-42)55(67-35-43-22-12-5-13-23-43)57(70-48)69-37-45-26-16-7-17-27-45)73-58-56(68-36-44-24-14-6-15-25-44)53(65-33-41-18-8-3-9-19-41)51(72-50(61)32-59)49(71-58)39-64-47-30-28-46(62-2)29-31-47/h3-31,48-49,51-58H,32-39H2,1-2H3/t48-,49-,51+,52+,53+,54+,55-,56-,57-,58-/m1/s1. The van der Waals surface area contributed by atoms with Crippen LogP contribution >= 0.6 is 11.6 Å². The molecule has 384 valence electrons. The molecule has 10 atom stereocenters. The van der Waals surface area contributed by atoms with Crippen molar-refractivity contribution in [2.75, 3.05) is 26.2 Å². The van der Waals surface area contributed by atoms with Crippen LogP contribution in [0.2, 0.25) is 0 Å². The van der Waals surface area contributed by atoms with E-state index in [-0.39, 0.29) is 46.2 Å². The Hall–Kier alpha value is -6.17. The summed E-state index contributed by atoms with van der Waals surface area (Å²) < 4.78 is 78.9. The van der Waals surface area contributed by atoms with E-state index in [1.54, 1.807) is 31.4 Å². The number of alkyl halides is 1. The van der Waals surface area contributed by atoms with E-state index in [2.05, 4.69) is 0 Å². The molecule has 0 bridgehead atoms. The van der Waals surface area contributed by atoms with E-state index in [1.165, 1.54) is 6.92 Å². The molecule has 0 aliphatic carbocycles. The Morgan fingerprint density at radius 1 is 0.452 bits per heavy atom. The Labute approximate surface area is 431 Å². The molecule has 2 saturated heterocycles. The number of rotatable bonds is 25. The van der Waals surface area contributed by atoms with Crippen LogP contribution in [0.3, 0.4) is 0 Å². The number of hydrogen-bond donors (Lipinski definition) is 0. The number of methoxy groups -OCH3 is 1. The minimum absolute atomic E-state index is 0.0767. The molecule has 0 spiro atoms. The molecule has 6 aromatic carbocycles. The number of halogens is 1. The van der Waals surface area contributed by atoms with E-state index in [1.807, 2.05) is 152 Å². The minimum atomic E-state index is -1.33. The van der Waals surface area contributed by atoms with Crippen LogP contribution < -0.4 is 9.47 Å². The first-order chi connectivity index (χ1) is 35.8. The highest BCUT2D eigenvalue weighted by molar-refractivity contribution is 6.26. The second-order valence-electron chi connectivity index (χ2n) is 17.4. The molecule has 0 aromatic heterocycles. The molecule has 2 aliphatic rings. The summed E-state index contributed by atoms with van der Waals surface area (Å²) in [5, 5.41) is 0. The SMILES string of the molecule is COc1ccc(OC[C@H]2O[C@H](O[C@@H]3[C@H](OCc4ccccc4)[C@@H](OCc4ccccc4)[C@H](OCc4ccccc4)O[C@@H]3COC(C)=O)[C@H](OCc3ccccc3)[C@@H](OCc3ccccc3)[C@H]2OC(=O)CCl)cc1. The zero-order chi connectivity index (χ0) is 50.6. The summed E-state index contributed by atoms with van der Waals surface area (Å²) in [5.41, 5.74) is 4.35. The highest BCUT2D eigenvalue weighted by atomic mass is 35.5. The summed E-state index contributed by atoms with van der Waals surface area (Å²) in [4.78, 5) is 26.0. The third kappa shape index (κ3) is 15.7. The van der Waals surface area contributed by atoms with Crippen LogP contribution in [-0.4, -0.2) is 99.6 Å². The molecule has 6 aromatic rings. The molecule has 15 heteroatoms. The highest BCUT2D eigenvalue weighted by Crippen LogP contribution is 2.37. The Kier molecular flexibility index (Phi) is 20.2. The maximum Gasteiger partial charge on any atom is 0.321 e. The van der Waals surface area contributed by atoms with Crippen molar-refractivity contribution in [2.45, 2.75) is 101 Å². The van der Waals surface area contributed by atoms with Gasteiger partial charge in [-0.05, 0) is 52.1 Å². The average molecular weight is 1020 g/mol. The number of carbonyl (C=O) groups is 2. The van der Waals surface area contributed by atoms with Crippen LogP contribution in [0.4, 0.5) is 0 Å². The van der Waals surface area contributed by atoms with Gasteiger partial charge in [-0.2, -0.15) is 0 Å². The fourth-order valence-electron chi connectivity index (χ4n) is 8.51. The fraction of sp³-hybridized carbons (Fsp3) is 0.345. The van der Waals surface area contributed by atoms with Gasteiger partial charge in [0.25, 0.3) is 0 Å². The maximum atomic E-state index is 13.4. The molecular formula is C58H61ClO14. The molecule has 0 unspecified atom stereocenters. The van der Waals surface area contributed by atoms with Gasteiger partial charge in [0.05, 0.1) is 40.1 Å². The summed E-state index contributed by atoms with van der Waals surface area (Å²) >= 11 is 6.14. The number of benzene rings is 6. The Morgan fingerprint density at radius 2 is 0.836 bits per heavy atom. The zero-order valence-corrected chi connectivity index (χ0v) is 41.5. The van der Waals surface area contributed by atoms with Crippen molar-refractivity contribution in [1.29, 1.82) is 0 Å². The molecular weight excluding hydrogens is 956 g/mol. The van der Waals surface area contributed by atoms with Gasteiger partial charge in [-0.1, -0.05) is 152 Å². The van der Waals surface area contributed by atoms with E-state index in [0.29, 0.717) is 11.5 Å². The second kappa shape index (κ2) is 27.8. The predicted octanol–water partition coefficient (Wildman–Crippen LogP) is 9.18. The third-order valence-electron chi connectivity index (χ3n) is 12.2. The largest absolute Gasteiger partial charge is 0.497 e. The van der Waals surface area contributed by atoms with Gasteiger partial charge in [0.2, 0.25) is 0 Å². The van der Waals surface area contributed by atoms with E-state index in [0.717, 1.165) is 27.8 Å². The average Bonchev–Trinajstić information content (AvgIpc) is 3.43. The molecule has 73 heavy (non-hydrogen) atoms. The third-order valence-corrected chi connectivity index (χ3v) is 12.4. The highest BCUT2D eigenvalue weighted by Gasteiger charge is 2.55. The summed E-state index contributed by atoms with van der Waals surface area (Å²) in [7, 11) is 1.58. The molecule has 0 amide bonds. The Bertz CT molecular complexity index is 2530. The summed E-state index contributed by atoms with van der Waals surface area (Å²) in [6.45, 7) is 1.51. The lowest BCUT2D eigenvalue weighted by molar-refractivity contribution is -0.374. The van der Waals surface area contributed by atoms with Gasteiger partial charge in [-0.25, -0.2) is 0 Å². The van der Waals surface area contributed by atoms with E-state index in [9.17, 15) is 9.59 Å². The quantitative estimate of drug-likeness (QED) is 0.0397. The second-order valence-corrected chi connectivity index (χ2v) is 17.7. The van der Waals surface area contributed by atoms with E-state index < -0.39 is 79.2 Å².